The van der Waals surface area contributed by atoms with Gasteiger partial charge in [-0.05, 0) is 74.7 Å². The van der Waals surface area contributed by atoms with Crippen molar-refractivity contribution in [3.63, 3.8) is 0 Å². The fourth-order valence-corrected chi connectivity index (χ4v) is 7.08. The molecule has 2 aromatic carbocycles. The van der Waals surface area contributed by atoms with Gasteiger partial charge in [0.2, 0.25) is 12.3 Å². The second-order valence-electron chi connectivity index (χ2n) is 13.8. The summed E-state index contributed by atoms with van der Waals surface area (Å²) in [6.07, 6.45) is 11.2. The first-order valence-corrected chi connectivity index (χ1v) is 18.4. The van der Waals surface area contributed by atoms with Gasteiger partial charge in [-0.25, -0.2) is 9.37 Å². The summed E-state index contributed by atoms with van der Waals surface area (Å²) in [6.45, 7) is 8.91. The number of nitrogens with zero attached hydrogens (tertiary/aromatic N) is 6. The van der Waals surface area contributed by atoms with E-state index in [4.69, 9.17) is 21.0 Å². The topological polar surface area (TPSA) is 179 Å². The Kier molecular flexibility index (Phi) is 12.5. The summed E-state index contributed by atoms with van der Waals surface area (Å²) in [5.74, 6) is 0.479. The van der Waals surface area contributed by atoms with E-state index in [-0.39, 0.29) is 11.7 Å². The first-order valence-electron chi connectivity index (χ1n) is 18.4. The number of pyridine rings is 1. The maximum absolute atomic E-state index is 14.2. The van der Waals surface area contributed by atoms with Crippen LogP contribution in [-0.2, 0) is 9.59 Å². The SMILES string of the molecule is CCCC(Nc1ccc(N2CC(CN3CCC(n4cc(-c5cnc(N)c(OC(C)c6cc(F)ccc6N/N=C\C=N)c5)cn4)CC3)C2)cc1)C(=O)NC=O. The molecule has 2 aromatic heterocycles. The molecule has 2 fully saturated rings. The van der Waals surface area contributed by atoms with Crippen LogP contribution in [0.15, 0.2) is 72.2 Å². The first kappa shape index (κ1) is 37.9. The second kappa shape index (κ2) is 17.8. The summed E-state index contributed by atoms with van der Waals surface area (Å²) >= 11 is 0. The van der Waals surface area contributed by atoms with Gasteiger partial charge in [-0.2, -0.15) is 10.2 Å². The molecule has 0 bridgehead atoms. The largest absolute Gasteiger partial charge is 0.482 e. The number of ether oxygens (including phenoxy) is 1. The number of anilines is 4. The zero-order chi connectivity index (χ0) is 38.0. The van der Waals surface area contributed by atoms with E-state index in [1.165, 1.54) is 24.0 Å². The number of hydrogen-bond donors (Lipinski definition) is 5. The van der Waals surface area contributed by atoms with Crippen LogP contribution in [0.4, 0.5) is 27.3 Å². The Hall–Kier alpha value is -5.83. The highest BCUT2D eigenvalue weighted by atomic mass is 19.1. The second-order valence-corrected chi connectivity index (χ2v) is 13.8. The van der Waals surface area contributed by atoms with Crippen molar-refractivity contribution in [2.24, 2.45) is 11.0 Å². The number of amides is 2. The highest BCUT2D eigenvalue weighted by molar-refractivity contribution is 6.14. The predicted octanol–water partition coefficient (Wildman–Crippen LogP) is 5.48. The molecular formula is C39H48FN11O3. The number of aromatic nitrogens is 3. The lowest BCUT2D eigenvalue weighted by Crippen LogP contribution is -2.52. The summed E-state index contributed by atoms with van der Waals surface area (Å²) in [7, 11) is 0. The standard InChI is InChI=1S/C39H48FN11O3/c1-3-4-36(39(53)44-25-52)47-31-6-8-32(9-7-31)50-22-27(23-50)21-49-15-11-33(12-16-49)51-24-29(20-46-51)28-17-37(38(42)43-19-28)54-26(2)34-18-30(40)5-10-35(34)48-45-14-13-41/h5-10,13-14,17-20,24-27,33,36,41,47-48H,3-4,11-12,15-16,21-23H2,1-2H3,(H2,42,43)(H,44,52,53)/b41-13?,45-14-. The Morgan fingerprint density at radius 2 is 1.91 bits per heavy atom. The highest BCUT2D eigenvalue weighted by Crippen LogP contribution is 2.34. The Labute approximate surface area is 314 Å². The van der Waals surface area contributed by atoms with Crippen molar-refractivity contribution in [3.8, 4) is 16.9 Å². The molecule has 2 aliphatic rings. The first-order chi connectivity index (χ1) is 26.2. The van der Waals surface area contributed by atoms with E-state index in [9.17, 15) is 14.0 Å². The van der Waals surface area contributed by atoms with Crippen LogP contribution in [0.5, 0.6) is 5.75 Å². The molecule has 2 unspecified atom stereocenters. The summed E-state index contributed by atoms with van der Waals surface area (Å²) < 4.78 is 22.4. The van der Waals surface area contributed by atoms with Gasteiger partial charge in [0, 0.05) is 85.3 Å². The molecular weight excluding hydrogens is 690 g/mol. The van der Waals surface area contributed by atoms with Gasteiger partial charge in [0.15, 0.2) is 11.6 Å². The van der Waals surface area contributed by atoms with Gasteiger partial charge >= 0.3 is 0 Å². The number of benzene rings is 2. The number of rotatable bonds is 17. The van der Waals surface area contributed by atoms with Crippen LogP contribution in [-0.4, -0.2) is 83.2 Å². The van der Waals surface area contributed by atoms with Crippen LogP contribution in [0.1, 0.15) is 57.2 Å². The van der Waals surface area contributed by atoms with E-state index in [0.717, 1.165) is 75.0 Å². The molecule has 6 rings (SSSR count). The van der Waals surface area contributed by atoms with Crippen molar-refractivity contribution in [2.45, 2.75) is 57.7 Å². The number of nitrogens with two attached hydrogens (primary N) is 1. The van der Waals surface area contributed by atoms with Crippen LogP contribution >= 0.6 is 0 Å². The maximum atomic E-state index is 14.2. The van der Waals surface area contributed by atoms with E-state index in [2.05, 4.69) is 52.8 Å². The number of halogens is 1. The van der Waals surface area contributed by atoms with Gasteiger partial charge < -0.3 is 31.0 Å². The Bertz CT molecular complexity index is 1920. The monoisotopic (exact) mass is 737 g/mol. The molecule has 0 radical (unpaired) electrons. The number of carbonyl (C=O) groups excluding carboxylic acids is 2. The van der Waals surface area contributed by atoms with Crippen molar-refractivity contribution >= 4 is 47.6 Å². The molecule has 0 spiro atoms. The van der Waals surface area contributed by atoms with Crippen molar-refractivity contribution in [2.75, 3.05) is 54.1 Å². The fourth-order valence-electron chi connectivity index (χ4n) is 7.08. The van der Waals surface area contributed by atoms with Crippen LogP contribution < -0.4 is 31.4 Å². The molecule has 0 saturated carbocycles. The van der Waals surface area contributed by atoms with Gasteiger partial charge in [0.05, 0.1) is 24.1 Å². The number of likely N-dealkylation sites (tertiary alicyclic amines) is 1. The van der Waals surface area contributed by atoms with Crippen molar-refractivity contribution in [3.05, 3.63) is 78.5 Å². The van der Waals surface area contributed by atoms with Crippen LogP contribution in [0.25, 0.3) is 11.1 Å². The molecule has 6 N–H and O–H groups in total. The molecule has 2 atom stereocenters. The molecule has 15 heteroatoms. The number of nitrogens with one attached hydrogen (secondary N) is 4. The Morgan fingerprint density at radius 3 is 2.63 bits per heavy atom. The zero-order valence-corrected chi connectivity index (χ0v) is 30.6. The number of hydrazone groups is 1. The normalized spacial score (nSPS) is 16.4. The van der Waals surface area contributed by atoms with E-state index in [1.54, 1.807) is 19.2 Å². The maximum Gasteiger partial charge on any atom is 0.248 e. The van der Waals surface area contributed by atoms with Crippen LogP contribution in [0, 0.1) is 17.1 Å². The van der Waals surface area contributed by atoms with E-state index < -0.39 is 18.0 Å². The molecule has 14 nitrogen and oxygen atoms in total. The van der Waals surface area contributed by atoms with Gasteiger partial charge in [0.25, 0.3) is 0 Å². The number of carbonyl (C=O) groups is 2. The number of nitrogen functional groups attached to an aromatic ring is 1. The predicted molar refractivity (Wildman–Crippen MR) is 210 cm³/mol. The average Bonchev–Trinajstić information content (AvgIpc) is 3.65. The third-order valence-electron chi connectivity index (χ3n) is 9.98. The highest BCUT2D eigenvalue weighted by Gasteiger charge is 2.31. The minimum atomic E-state index is -0.584. The smallest absolute Gasteiger partial charge is 0.248 e. The van der Waals surface area contributed by atoms with Crippen molar-refractivity contribution in [1.82, 2.24) is 25.0 Å². The Balaban J connectivity index is 0.978. The molecule has 2 aliphatic heterocycles. The number of hydrogen-bond acceptors (Lipinski definition) is 12. The number of piperidine rings is 1. The van der Waals surface area contributed by atoms with E-state index in [1.807, 2.05) is 37.5 Å². The third-order valence-corrected chi connectivity index (χ3v) is 9.98. The quantitative estimate of drug-likeness (QED) is 0.0530. The van der Waals surface area contributed by atoms with Gasteiger partial charge in [-0.1, -0.05) is 13.3 Å². The summed E-state index contributed by atoms with van der Waals surface area (Å²) in [6, 6.07) is 14.1. The zero-order valence-electron chi connectivity index (χ0n) is 30.6. The summed E-state index contributed by atoms with van der Waals surface area (Å²) in [5, 5.41) is 21.3. The van der Waals surface area contributed by atoms with Crippen molar-refractivity contribution in [1.29, 1.82) is 5.41 Å². The third kappa shape index (κ3) is 9.39. The molecule has 284 valence electrons. The van der Waals surface area contributed by atoms with Gasteiger partial charge in [-0.15, -0.1) is 0 Å². The lowest BCUT2D eigenvalue weighted by atomic mass is 9.96. The molecule has 54 heavy (non-hydrogen) atoms. The van der Waals surface area contributed by atoms with Gasteiger partial charge in [-0.3, -0.25) is 25.0 Å². The lowest BCUT2D eigenvalue weighted by molar-refractivity contribution is -0.125. The van der Waals surface area contributed by atoms with Crippen molar-refractivity contribution < 1.29 is 18.7 Å². The minimum absolute atomic E-state index is 0.221. The lowest BCUT2D eigenvalue weighted by Gasteiger charge is -2.44. The van der Waals surface area contributed by atoms with E-state index >= 15 is 0 Å². The minimum Gasteiger partial charge on any atom is -0.482 e. The van der Waals surface area contributed by atoms with Crippen LogP contribution in [0.2, 0.25) is 0 Å². The van der Waals surface area contributed by atoms with Crippen LogP contribution in [0.3, 0.4) is 0 Å². The molecule has 0 aliphatic carbocycles. The molecule has 4 aromatic rings. The molecule has 4 heterocycles. The molecule has 2 saturated heterocycles. The summed E-state index contributed by atoms with van der Waals surface area (Å²) in [4.78, 5) is 32.2. The Morgan fingerprint density at radius 1 is 1.13 bits per heavy atom. The molecule has 2 amide bonds. The number of imide groups is 1. The van der Waals surface area contributed by atoms with E-state index in [0.29, 0.717) is 41.8 Å². The average molecular weight is 738 g/mol. The van der Waals surface area contributed by atoms with Gasteiger partial charge in [0.1, 0.15) is 18.0 Å². The summed E-state index contributed by atoms with van der Waals surface area (Å²) in [5.41, 5.74) is 13.8. The fraction of sp³-hybridized carbons (Fsp3) is 0.385.